The molecule has 0 radical (unpaired) electrons. The van der Waals surface area contributed by atoms with Crippen molar-refractivity contribution in [1.29, 1.82) is 0 Å². The Bertz CT molecular complexity index is 659. The van der Waals surface area contributed by atoms with E-state index < -0.39 is 5.41 Å². The van der Waals surface area contributed by atoms with E-state index >= 15 is 0 Å². The fraction of sp³-hybridized carbons (Fsp3) is 0.682. The van der Waals surface area contributed by atoms with Gasteiger partial charge in [-0.15, -0.1) is 0 Å². The number of esters is 1. The number of carbonyl (C=O) groups excluding carboxylic acids is 1. The molecule has 3 heteroatoms. The van der Waals surface area contributed by atoms with Crippen molar-refractivity contribution in [2.45, 2.75) is 70.8 Å². The van der Waals surface area contributed by atoms with Gasteiger partial charge < -0.3 is 9.47 Å². The minimum Gasteiger partial charge on any atom is -0.493 e. The van der Waals surface area contributed by atoms with Gasteiger partial charge in [-0.1, -0.05) is 39.3 Å². The Morgan fingerprint density at radius 3 is 2.80 bits per heavy atom. The molecule has 2 saturated carbocycles. The number of hydrogen-bond acceptors (Lipinski definition) is 3. The zero-order valence-corrected chi connectivity index (χ0v) is 15.7. The van der Waals surface area contributed by atoms with Crippen LogP contribution in [0.4, 0.5) is 0 Å². The molecule has 0 unspecified atom stereocenters. The van der Waals surface area contributed by atoms with Crippen LogP contribution in [0.3, 0.4) is 0 Å². The molecule has 0 spiro atoms. The number of ether oxygens (including phenoxy) is 2. The minimum absolute atomic E-state index is 0.0116. The van der Waals surface area contributed by atoms with Crippen molar-refractivity contribution in [1.82, 2.24) is 0 Å². The SMILES string of the molecule is CC(C)[C@H]1CC[C@H](C)C[C@@H]1OC(=O)C1(c2cccc3c2CCO3)CC1. The van der Waals surface area contributed by atoms with Gasteiger partial charge in [0.1, 0.15) is 11.9 Å². The fourth-order valence-corrected chi connectivity index (χ4v) is 4.88. The van der Waals surface area contributed by atoms with E-state index in [4.69, 9.17) is 9.47 Å². The van der Waals surface area contributed by atoms with Crippen molar-refractivity contribution in [2.75, 3.05) is 6.61 Å². The van der Waals surface area contributed by atoms with Gasteiger partial charge in [0.05, 0.1) is 12.0 Å². The smallest absolute Gasteiger partial charge is 0.316 e. The molecule has 0 amide bonds. The standard InChI is InChI=1S/C22H30O3/c1-14(2)16-8-7-15(3)13-20(16)25-21(23)22(10-11-22)18-5-4-6-19-17(18)9-12-24-19/h4-6,14-16,20H,7-13H2,1-3H3/t15-,16+,20-/m0/s1. The van der Waals surface area contributed by atoms with Gasteiger partial charge in [-0.25, -0.2) is 0 Å². The normalized spacial score (nSPS) is 29.8. The predicted molar refractivity (Wildman–Crippen MR) is 97.8 cm³/mol. The average molecular weight is 342 g/mol. The summed E-state index contributed by atoms with van der Waals surface area (Å²) in [7, 11) is 0. The zero-order valence-electron chi connectivity index (χ0n) is 15.7. The number of carbonyl (C=O) groups is 1. The third-order valence-electron chi connectivity index (χ3n) is 6.62. The molecule has 3 atom stereocenters. The van der Waals surface area contributed by atoms with Crippen molar-refractivity contribution in [3.63, 3.8) is 0 Å². The Labute approximate surface area is 151 Å². The lowest BCUT2D eigenvalue weighted by Crippen LogP contribution is -2.38. The Morgan fingerprint density at radius 2 is 2.08 bits per heavy atom. The predicted octanol–water partition coefficient (Wildman–Crippen LogP) is 4.66. The maximum atomic E-state index is 13.2. The summed E-state index contributed by atoms with van der Waals surface area (Å²) >= 11 is 0. The molecular weight excluding hydrogens is 312 g/mol. The maximum Gasteiger partial charge on any atom is 0.316 e. The van der Waals surface area contributed by atoms with Gasteiger partial charge in [0.15, 0.2) is 0 Å². The molecule has 2 aliphatic carbocycles. The largest absolute Gasteiger partial charge is 0.493 e. The summed E-state index contributed by atoms with van der Waals surface area (Å²) in [6.45, 7) is 7.53. The quantitative estimate of drug-likeness (QED) is 0.747. The topological polar surface area (TPSA) is 35.5 Å². The molecule has 1 heterocycles. The van der Waals surface area contributed by atoms with Gasteiger partial charge in [-0.2, -0.15) is 0 Å². The van der Waals surface area contributed by atoms with E-state index in [1.54, 1.807) is 0 Å². The summed E-state index contributed by atoms with van der Waals surface area (Å²) in [6.07, 6.45) is 6.27. The second-order valence-corrected chi connectivity index (χ2v) is 8.73. The van der Waals surface area contributed by atoms with Gasteiger partial charge in [0, 0.05) is 12.0 Å². The first-order chi connectivity index (χ1) is 12.0. The van der Waals surface area contributed by atoms with Crippen LogP contribution in [0.15, 0.2) is 18.2 Å². The minimum atomic E-state index is -0.402. The second-order valence-electron chi connectivity index (χ2n) is 8.73. The van der Waals surface area contributed by atoms with Crippen LogP contribution in [-0.2, 0) is 21.4 Å². The first-order valence-corrected chi connectivity index (χ1v) is 9.97. The molecular formula is C22H30O3. The van der Waals surface area contributed by atoms with E-state index in [1.165, 1.54) is 18.4 Å². The van der Waals surface area contributed by atoms with E-state index in [0.717, 1.165) is 43.6 Å². The van der Waals surface area contributed by atoms with Crippen molar-refractivity contribution >= 4 is 5.97 Å². The second kappa shape index (κ2) is 6.34. The highest BCUT2D eigenvalue weighted by Crippen LogP contribution is 2.53. The maximum absolute atomic E-state index is 13.2. The van der Waals surface area contributed by atoms with Gasteiger partial charge in [0.25, 0.3) is 0 Å². The lowest BCUT2D eigenvalue weighted by Gasteiger charge is -2.37. The lowest BCUT2D eigenvalue weighted by molar-refractivity contribution is -0.159. The summed E-state index contributed by atoms with van der Waals surface area (Å²) in [4.78, 5) is 13.2. The first-order valence-electron chi connectivity index (χ1n) is 9.97. The summed E-state index contributed by atoms with van der Waals surface area (Å²) in [5.74, 6) is 2.69. The summed E-state index contributed by atoms with van der Waals surface area (Å²) in [6, 6.07) is 6.16. The Hall–Kier alpha value is -1.51. The highest BCUT2D eigenvalue weighted by Gasteiger charge is 2.55. The monoisotopic (exact) mass is 342 g/mol. The van der Waals surface area contributed by atoms with Crippen LogP contribution in [0, 0.1) is 17.8 Å². The molecule has 25 heavy (non-hydrogen) atoms. The van der Waals surface area contributed by atoms with E-state index in [2.05, 4.69) is 26.8 Å². The van der Waals surface area contributed by atoms with Crippen LogP contribution < -0.4 is 4.74 Å². The molecule has 0 aromatic heterocycles. The Kier molecular flexibility index (Phi) is 4.29. The zero-order chi connectivity index (χ0) is 17.6. The van der Waals surface area contributed by atoms with Crippen molar-refractivity contribution < 1.29 is 14.3 Å². The Morgan fingerprint density at radius 1 is 1.28 bits per heavy atom. The van der Waals surface area contributed by atoms with Gasteiger partial charge in [-0.05, 0) is 55.1 Å². The fourth-order valence-electron chi connectivity index (χ4n) is 4.88. The van der Waals surface area contributed by atoms with E-state index in [1.807, 2.05) is 12.1 Å². The molecule has 3 nitrogen and oxygen atoms in total. The number of rotatable bonds is 4. The number of hydrogen-bond donors (Lipinski definition) is 0. The summed E-state index contributed by atoms with van der Waals surface area (Å²) in [5, 5.41) is 0. The van der Waals surface area contributed by atoms with Crippen molar-refractivity contribution in [2.24, 2.45) is 17.8 Å². The molecule has 0 N–H and O–H groups in total. The van der Waals surface area contributed by atoms with Crippen LogP contribution in [0.1, 0.15) is 64.0 Å². The Balaban J connectivity index is 1.55. The molecule has 4 rings (SSSR count). The van der Waals surface area contributed by atoms with Crippen LogP contribution in [0.5, 0.6) is 5.75 Å². The summed E-state index contributed by atoms with van der Waals surface area (Å²) in [5.41, 5.74) is 1.99. The van der Waals surface area contributed by atoms with Gasteiger partial charge in [0.2, 0.25) is 0 Å². The highest BCUT2D eigenvalue weighted by molar-refractivity contribution is 5.87. The van der Waals surface area contributed by atoms with Gasteiger partial charge >= 0.3 is 5.97 Å². The highest BCUT2D eigenvalue weighted by atomic mass is 16.5. The van der Waals surface area contributed by atoms with Crippen molar-refractivity contribution in [3.05, 3.63) is 29.3 Å². The van der Waals surface area contributed by atoms with E-state index in [9.17, 15) is 4.79 Å². The van der Waals surface area contributed by atoms with Crippen LogP contribution >= 0.6 is 0 Å². The lowest BCUT2D eigenvalue weighted by atomic mass is 9.75. The van der Waals surface area contributed by atoms with E-state index in [-0.39, 0.29) is 12.1 Å². The third kappa shape index (κ3) is 2.96. The van der Waals surface area contributed by atoms with Crippen molar-refractivity contribution in [3.8, 4) is 5.75 Å². The summed E-state index contributed by atoms with van der Waals surface area (Å²) < 4.78 is 11.9. The van der Waals surface area contributed by atoms with E-state index in [0.29, 0.717) is 17.8 Å². The molecule has 1 aliphatic heterocycles. The average Bonchev–Trinajstić information content (AvgIpc) is 3.24. The molecule has 1 aromatic rings. The first kappa shape index (κ1) is 16.9. The van der Waals surface area contributed by atoms with Crippen LogP contribution in [0.25, 0.3) is 0 Å². The molecule has 1 aromatic carbocycles. The van der Waals surface area contributed by atoms with Gasteiger partial charge in [-0.3, -0.25) is 4.79 Å². The number of benzene rings is 1. The molecule has 0 bridgehead atoms. The molecule has 3 aliphatic rings. The third-order valence-corrected chi connectivity index (χ3v) is 6.62. The molecule has 136 valence electrons. The van der Waals surface area contributed by atoms with Crippen LogP contribution in [-0.4, -0.2) is 18.7 Å². The van der Waals surface area contributed by atoms with Crippen LogP contribution in [0.2, 0.25) is 0 Å². The molecule has 0 saturated heterocycles. The number of fused-ring (bicyclic) bond motifs is 1. The molecule has 2 fully saturated rings.